The Bertz CT molecular complexity index is 434. The third-order valence-corrected chi connectivity index (χ3v) is 5.25. The van der Waals surface area contributed by atoms with Crippen LogP contribution in [0.25, 0.3) is 0 Å². The van der Waals surface area contributed by atoms with Gasteiger partial charge in [0.25, 0.3) is 0 Å². The van der Waals surface area contributed by atoms with E-state index in [2.05, 4.69) is 61.9 Å². The Hall–Kier alpha value is -0.870. The standard InChI is InChI=1S/C17H32N4/c1-6-17(4,20-10-7-8-11-20)16(18-5)13-15-9-12-21(19-15)14(2)3/h9,12,14,16,18H,6-8,10-11,13H2,1-5H3. The highest BCUT2D eigenvalue weighted by atomic mass is 15.3. The van der Waals surface area contributed by atoms with Gasteiger partial charge in [0, 0.05) is 30.2 Å². The molecule has 0 aliphatic carbocycles. The van der Waals surface area contributed by atoms with Crippen molar-refractivity contribution in [1.29, 1.82) is 0 Å². The van der Waals surface area contributed by atoms with Crippen LogP contribution in [-0.2, 0) is 6.42 Å². The first kappa shape index (κ1) is 16.5. The molecular weight excluding hydrogens is 260 g/mol. The van der Waals surface area contributed by atoms with Crippen molar-refractivity contribution in [2.45, 2.75) is 71.0 Å². The lowest BCUT2D eigenvalue weighted by Gasteiger charge is -2.44. The van der Waals surface area contributed by atoms with Gasteiger partial charge in [0.2, 0.25) is 0 Å². The van der Waals surface area contributed by atoms with E-state index in [0.717, 1.165) is 6.42 Å². The fraction of sp³-hybridized carbons (Fsp3) is 0.824. The zero-order valence-corrected chi connectivity index (χ0v) is 14.4. The predicted octanol–water partition coefficient (Wildman–Crippen LogP) is 2.86. The second kappa shape index (κ2) is 6.93. The van der Waals surface area contributed by atoms with Crippen molar-refractivity contribution in [3.8, 4) is 0 Å². The lowest BCUT2D eigenvalue weighted by molar-refractivity contribution is 0.0868. The Balaban J connectivity index is 2.12. The van der Waals surface area contributed by atoms with Gasteiger partial charge in [0.05, 0.1) is 5.69 Å². The molecule has 1 aromatic rings. The minimum atomic E-state index is 0.215. The first-order valence-corrected chi connectivity index (χ1v) is 8.47. The molecule has 0 saturated carbocycles. The Labute approximate surface area is 129 Å². The molecule has 1 saturated heterocycles. The van der Waals surface area contributed by atoms with E-state index in [1.165, 1.54) is 38.0 Å². The van der Waals surface area contributed by atoms with Crippen LogP contribution in [0.4, 0.5) is 0 Å². The monoisotopic (exact) mass is 292 g/mol. The normalized spacial score (nSPS) is 20.9. The molecule has 1 N–H and O–H groups in total. The number of aromatic nitrogens is 2. The van der Waals surface area contributed by atoms with E-state index >= 15 is 0 Å². The van der Waals surface area contributed by atoms with Crippen molar-refractivity contribution >= 4 is 0 Å². The summed E-state index contributed by atoms with van der Waals surface area (Å²) in [4.78, 5) is 2.67. The Morgan fingerprint density at radius 2 is 2.00 bits per heavy atom. The van der Waals surface area contributed by atoms with E-state index in [-0.39, 0.29) is 5.54 Å². The zero-order chi connectivity index (χ0) is 15.5. The highest BCUT2D eigenvalue weighted by Crippen LogP contribution is 2.29. The SMILES string of the molecule is CCC(C)(C(Cc1ccn(C(C)C)n1)NC)N1CCCC1. The highest BCUT2D eigenvalue weighted by molar-refractivity contribution is 5.08. The molecule has 2 atom stereocenters. The summed E-state index contributed by atoms with van der Waals surface area (Å²) in [5.41, 5.74) is 1.41. The average molecular weight is 292 g/mol. The summed E-state index contributed by atoms with van der Waals surface area (Å²) in [7, 11) is 2.09. The van der Waals surface area contributed by atoms with E-state index in [9.17, 15) is 0 Å². The van der Waals surface area contributed by atoms with Crippen LogP contribution in [0.1, 0.15) is 58.7 Å². The van der Waals surface area contributed by atoms with Crippen molar-refractivity contribution in [1.82, 2.24) is 20.0 Å². The van der Waals surface area contributed by atoms with E-state index in [1.54, 1.807) is 0 Å². The molecular formula is C17H32N4. The number of rotatable bonds is 7. The van der Waals surface area contributed by atoms with Crippen molar-refractivity contribution < 1.29 is 0 Å². The minimum Gasteiger partial charge on any atom is -0.315 e. The molecule has 120 valence electrons. The van der Waals surface area contributed by atoms with E-state index in [4.69, 9.17) is 5.10 Å². The zero-order valence-electron chi connectivity index (χ0n) is 14.4. The van der Waals surface area contributed by atoms with Gasteiger partial charge < -0.3 is 5.32 Å². The molecule has 2 unspecified atom stereocenters. The van der Waals surface area contributed by atoms with Gasteiger partial charge in [-0.1, -0.05) is 6.92 Å². The van der Waals surface area contributed by atoms with E-state index in [1.807, 2.05) is 0 Å². The van der Waals surface area contributed by atoms with Crippen LogP contribution < -0.4 is 5.32 Å². The van der Waals surface area contributed by atoms with Gasteiger partial charge in [-0.3, -0.25) is 9.58 Å². The molecule has 0 spiro atoms. The van der Waals surface area contributed by atoms with Crippen LogP contribution in [0, 0.1) is 0 Å². The number of hydrogen-bond donors (Lipinski definition) is 1. The van der Waals surface area contributed by atoms with Gasteiger partial charge in [0.15, 0.2) is 0 Å². The van der Waals surface area contributed by atoms with Crippen molar-refractivity contribution in [3.63, 3.8) is 0 Å². The Morgan fingerprint density at radius 1 is 1.33 bits per heavy atom. The summed E-state index contributed by atoms with van der Waals surface area (Å²) < 4.78 is 2.06. The maximum Gasteiger partial charge on any atom is 0.0640 e. The number of nitrogens with zero attached hydrogens (tertiary/aromatic N) is 3. The predicted molar refractivity (Wildman–Crippen MR) is 88.7 cm³/mol. The van der Waals surface area contributed by atoms with E-state index < -0.39 is 0 Å². The lowest BCUT2D eigenvalue weighted by Crippen LogP contribution is -2.58. The van der Waals surface area contributed by atoms with Crippen LogP contribution in [0.15, 0.2) is 12.3 Å². The number of nitrogens with one attached hydrogen (secondary N) is 1. The number of likely N-dealkylation sites (tertiary alicyclic amines) is 1. The molecule has 1 fully saturated rings. The summed E-state index contributed by atoms with van der Waals surface area (Å²) >= 11 is 0. The summed E-state index contributed by atoms with van der Waals surface area (Å²) in [5.74, 6) is 0. The van der Waals surface area contributed by atoms with Gasteiger partial charge in [-0.2, -0.15) is 5.10 Å². The van der Waals surface area contributed by atoms with Crippen LogP contribution in [0.3, 0.4) is 0 Å². The molecule has 21 heavy (non-hydrogen) atoms. The second-order valence-corrected chi connectivity index (χ2v) is 6.83. The van der Waals surface area contributed by atoms with Gasteiger partial charge >= 0.3 is 0 Å². The lowest BCUT2D eigenvalue weighted by atomic mass is 9.84. The minimum absolute atomic E-state index is 0.215. The maximum absolute atomic E-state index is 4.73. The average Bonchev–Trinajstić information content (AvgIpc) is 3.15. The first-order chi connectivity index (χ1) is 10.0. The largest absolute Gasteiger partial charge is 0.315 e. The van der Waals surface area contributed by atoms with Crippen LogP contribution >= 0.6 is 0 Å². The molecule has 4 heteroatoms. The molecule has 0 amide bonds. The molecule has 2 rings (SSSR count). The summed E-state index contributed by atoms with van der Waals surface area (Å²) in [6.07, 6.45) is 6.95. The summed E-state index contributed by atoms with van der Waals surface area (Å²) in [6, 6.07) is 3.05. The molecule has 1 aliphatic rings. The van der Waals surface area contributed by atoms with Crippen LogP contribution in [0.5, 0.6) is 0 Å². The molecule has 1 aromatic heterocycles. The molecule has 4 nitrogen and oxygen atoms in total. The van der Waals surface area contributed by atoms with Gasteiger partial charge in [-0.05, 0) is 66.2 Å². The first-order valence-electron chi connectivity index (χ1n) is 8.47. The van der Waals surface area contributed by atoms with Crippen LogP contribution in [-0.4, -0.2) is 46.4 Å². The molecule has 0 bridgehead atoms. The number of hydrogen-bond acceptors (Lipinski definition) is 3. The topological polar surface area (TPSA) is 33.1 Å². The third kappa shape index (κ3) is 3.49. The summed E-state index contributed by atoms with van der Waals surface area (Å²) in [5, 5.41) is 8.30. The quantitative estimate of drug-likeness (QED) is 0.839. The maximum atomic E-state index is 4.73. The van der Waals surface area contributed by atoms with Crippen molar-refractivity contribution in [2.75, 3.05) is 20.1 Å². The van der Waals surface area contributed by atoms with Crippen molar-refractivity contribution in [2.24, 2.45) is 0 Å². The Kier molecular flexibility index (Phi) is 5.44. The van der Waals surface area contributed by atoms with Crippen molar-refractivity contribution in [3.05, 3.63) is 18.0 Å². The van der Waals surface area contributed by atoms with Gasteiger partial charge in [0.1, 0.15) is 0 Å². The molecule has 2 heterocycles. The smallest absolute Gasteiger partial charge is 0.0640 e. The molecule has 0 aromatic carbocycles. The molecule has 1 aliphatic heterocycles. The molecule has 0 radical (unpaired) electrons. The second-order valence-electron chi connectivity index (χ2n) is 6.83. The van der Waals surface area contributed by atoms with Gasteiger partial charge in [-0.15, -0.1) is 0 Å². The van der Waals surface area contributed by atoms with Gasteiger partial charge in [-0.25, -0.2) is 0 Å². The van der Waals surface area contributed by atoms with Crippen LogP contribution in [0.2, 0.25) is 0 Å². The van der Waals surface area contributed by atoms with E-state index in [0.29, 0.717) is 12.1 Å². The number of likely N-dealkylation sites (N-methyl/N-ethyl adjacent to an activating group) is 1. The fourth-order valence-electron chi connectivity index (χ4n) is 3.53. The third-order valence-electron chi connectivity index (χ3n) is 5.25. The summed E-state index contributed by atoms with van der Waals surface area (Å²) in [6.45, 7) is 11.6. The fourth-order valence-corrected chi connectivity index (χ4v) is 3.53. The highest BCUT2D eigenvalue weighted by Gasteiger charge is 2.38. The Morgan fingerprint density at radius 3 is 2.48 bits per heavy atom.